The standard InChI is InChI=1S/C21H23N3O/c1-3-24(4-2)16-10-9-15(21(25)13-16)14-23-20-12-11-19(22)17-7-5-6-8-18(17)20/h5-14,25H,3-4,22H2,1-2H3/b23-14+. The molecule has 3 rings (SSSR count). The molecule has 0 unspecified atom stereocenters. The topological polar surface area (TPSA) is 61.8 Å². The minimum absolute atomic E-state index is 0.230. The number of fused-ring (bicyclic) bond motifs is 1. The summed E-state index contributed by atoms with van der Waals surface area (Å²) in [7, 11) is 0. The van der Waals surface area contributed by atoms with Crippen LogP contribution in [0.25, 0.3) is 10.8 Å². The lowest BCUT2D eigenvalue weighted by Gasteiger charge is -2.21. The quantitative estimate of drug-likeness (QED) is 0.524. The van der Waals surface area contributed by atoms with Crippen LogP contribution in [0.15, 0.2) is 59.6 Å². The Bertz CT molecular complexity index is 914. The van der Waals surface area contributed by atoms with Crippen LogP contribution < -0.4 is 10.6 Å². The lowest BCUT2D eigenvalue weighted by molar-refractivity contribution is 0.474. The van der Waals surface area contributed by atoms with E-state index in [2.05, 4.69) is 23.7 Å². The summed E-state index contributed by atoms with van der Waals surface area (Å²) in [5.41, 5.74) is 9.30. The summed E-state index contributed by atoms with van der Waals surface area (Å²) in [5, 5.41) is 12.3. The van der Waals surface area contributed by atoms with Gasteiger partial charge in [-0.3, -0.25) is 4.99 Å². The molecule has 3 aromatic carbocycles. The van der Waals surface area contributed by atoms with Gasteiger partial charge < -0.3 is 15.7 Å². The first-order chi connectivity index (χ1) is 12.1. The van der Waals surface area contributed by atoms with Crippen molar-refractivity contribution in [2.24, 2.45) is 4.99 Å². The maximum absolute atomic E-state index is 10.3. The average Bonchev–Trinajstić information content (AvgIpc) is 2.64. The summed E-state index contributed by atoms with van der Waals surface area (Å²) >= 11 is 0. The molecular weight excluding hydrogens is 310 g/mol. The molecule has 0 spiro atoms. The van der Waals surface area contributed by atoms with Crippen LogP contribution in [0.4, 0.5) is 17.1 Å². The van der Waals surface area contributed by atoms with E-state index >= 15 is 0 Å². The number of hydrogen-bond acceptors (Lipinski definition) is 4. The van der Waals surface area contributed by atoms with E-state index in [1.54, 1.807) is 12.3 Å². The van der Waals surface area contributed by atoms with Gasteiger partial charge in [0.15, 0.2) is 0 Å². The Morgan fingerprint density at radius 1 is 1.00 bits per heavy atom. The zero-order valence-electron chi connectivity index (χ0n) is 14.6. The number of rotatable bonds is 5. The lowest BCUT2D eigenvalue weighted by Crippen LogP contribution is -2.21. The Kier molecular flexibility index (Phi) is 4.89. The molecule has 0 saturated heterocycles. The van der Waals surface area contributed by atoms with Crippen LogP contribution in [0.5, 0.6) is 5.75 Å². The first-order valence-electron chi connectivity index (χ1n) is 8.53. The molecule has 0 heterocycles. The molecule has 0 radical (unpaired) electrons. The van der Waals surface area contributed by atoms with Crippen molar-refractivity contribution in [3.8, 4) is 5.75 Å². The number of phenolic OH excluding ortho intramolecular Hbond substituents is 1. The summed E-state index contributed by atoms with van der Waals surface area (Å²) in [6.07, 6.45) is 1.69. The number of nitrogens with two attached hydrogens (primary N) is 1. The van der Waals surface area contributed by atoms with Crippen LogP contribution in [0.2, 0.25) is 0 Å². The van der Waals surface area contributed by atoms with Crippen LogP contribution in [-0.4, -0.2) is 24.4 Å². The summed E-state index contributed by atoms with van der Waals surface area (Å²) in [5.74, 6) is 0.230. The molecular formula is C21H23N3O. The third kappa shape index (κ3) is 3.43. The molecule has 0 saturated carbocycles. The molecule has 0 fully saturated rings. The van der Waals surface area contributed by atoms with E-state index in [4.69, 9.17) is 5.73 Å². The number of aromatic hydroxyl groups is 1. The molecule has 4 heteroatoms. The van der Waals surface area contributed by atoms with E-state index < -0.39 is 0 Å². The van der Waals surface area contributed by atoms with Gasteiger partial charge in [0.05, 0.1) is 5.69 Å². The van der Waals surface area contributed by atoms with Crippen LogP contribution in [0.1, 0.15) is 19.4 Å². The van der Waals surface area contributed by atoms with Crippen molar-refractivity contribution in [3.05, 3.63) is 60.2 Å². The maximum Gasteiger partial charge on any atom is 0.126 e. The highest BCUT2D eigenvalue weighted by Gasteiger charge is 2.06. The van der Waals surface area contributed by atoms with E-state index in [1.807, 2.05) is 48.5 Å². The fourth-order valence-electron chi connectivity index (χ4n) is 2.98. The van der Waals surface area contributed by atoms with Gasteiger partial charge in [-0.1, -0.05) is 24.3 Å². The molecule has 0 aromatic heterocycles. The van der Waals surface area contributed by atoms with Gasteiger partial charge in [-0.05, 0) is 38.1 Å². The van der Waals surface area contributed by atoms with E-state index in [0.29, 0.717) is 5.56 Å². The van der Waals surface area contributed by atoms with Crippen molar-refractivity contribution in [3.63, 3.8) is 0 Å². The summed E-state index contributed by atoms with van der Waals surface area (Å²) in [6.45, 7) is 6.01. The molecule has 0 amide bonds. The van der Waals surface area contributed by atoms with Gasteiger partial charge >= 0.3 is 0 Å². The highest BCUT2D eigenvalue weighted by atomic mass is 16.3. The Balaban J connectivity index is 1.94. The second-order valence-corrected chi connectivity index (χ2v) is 5.89. The largest absolute Gasteiger partial charge is 0.507 e. The number of anilines is 2. The van der Waals surface area contributed by atoms with E-state index in [9.17, 15) is 5.11 Å². The number of aliphatic imine (C=N–C) groups is 1. The molecule has 0 atom stereocenters. The third-order valence-electron chi connectivity index (χ3n) is 4.42. The number of nitrogen functional groups attached to an aromatic ring is 1. The third-order valence-corrected chi connectivity index (χ3v) is 4.42. The Morgan fingerprint density at radius 2 is 1.72 bits per heavy atom. The molecule has 128 valence electrons. The molecule has 0 aliphatic carbocycles. The lowest BCUT2D eigenvalue weighted by atomic mass is 10.1. The predicted molar refractivity (Wildman–Crippen MR) is 107 cm³/mol. The summed E-state index contributed by atoms with van der Waals surface area (Å²) < 4.78 is 0. The van der Waals surface area contributed by atoms with E-state index in [0.717, 1.165) is 40.9 Å². The van der Waals surface area contributed by atoms with Crippen molar-refractivity contribution >= 4 is 34.0 Å². The molecule has 0 bridgehead atoms. The van der Waals surface area contributed by atoms with Gasteiger partial charge in [0, 0.05) is 53.1 Å². The van der Waals surface area contributed by atoms with Gasteiger partial charge in [0.1, 0.15) is 5.75 Å². The van der Waals surface area contributed by atoms with Gasteiger partial charge in [0.2, 0.25) is 0 Å². The Hall–Kier alpha value is -3.01. The van der Waals surface area contributed by atoms with Crippen molar-refractivity contribution in [1.82, 2.24) is 0 Å². The van der Waals surface area contributed by atoms with Gasteiger partial charge in [0.25, 0.3) is 0 Å². The van der Waals surface area contributed by atoms with Crippen molar-refractivity contribution in [2.45, 2.75) is 13.8 Å². The number of benzene rings is 3. The van der Waals surface area contributed by atoms with Crippen molar-refractivity contribution < 1.29 is 5.11 Å². The zero-order chi connectivity index (χ0) is 17.8. The number of nitrogens with zero attached hydrogens (tertiary/aromatic N) is 2. The maximum atomic E-state index is 10.3. The molecule has 0 aliphatic rings. The van der Waals surface area contributed by atoms with Gasteiger partial charge in [-0.25, -0.2) is 0 Å². The molecule has 4 nitrogen and oxygen atoms in total. The monoisotopic (exact) mass is 333 g/mol. The number of hydrogen-bond donors (Lipinski definition) is 2. The molecule has 3 N–H and O–H groups in total. The summed E-state index contributed by atoms with van der Waals surface area (Å²) in [6, 6.07) is 17.4. The van der Waals surface area contributed by atoms with Gasteiger partial charge in [-0.2, -0.15) is 0 Å². The Labute approximate surface area is 148 Å². The van der Waals surface area contributed by atoms with E-state index in [-0.39, 0.29) is 5.75 Å². The van der Waals surface area contributed by atoms with Crippen molar-refractivity contribution in [1.29, 1.82) is 0 Å². The smallest absolute Gasteiger partial charge is 0.126 e. The number of phenols is 1. The normalized spacial score (nSPS) is 11.3. The fourth-order valence-corrected chi connectivity index (χ4v) is 2.98. The Morgan fingerprint density at radius 3 is 2.40 bits per heavy atom. The van der Waals surface area contributed by atoms with Crippen LogP contribution >= 0.6 is 0 Å². The first kappa shape index (κ1) is 16.8. The van der Waals surface area contributed by atoms with Crippen molar-refractivity contribution in [2.75, 3.05) is 23.7 Å². The zero-order valence-corrected chi connectivity index (χ0v) is 14.6. The highest BCUT2D eigenvalue weighted by molar-refractivity contribution is 6.01. The molecule has 3 aromatic rings. The second kappa shape index (κ2) is 7.26. The SMILES string of the molecule is CCN(CC)c1ccc(/C=N/c2ccc(N)c3ccccc23)c(O)c1. The molecule has 0 aliphatic heterocycles. The van der Waals surface area contributed by atoms with Crippen LogP contribution in [0, 0.1) is 0 Å². The first-order valence-corrected chi connectivity index (χ1v) is 8.53. The van der Waals surface area contributed by atoms with Crippen LogP contribution in [0.3, 0.4) is 0 Å². The molecule has 25 heavy (non-hydrogen) atoms. The predicted octanol–water partition coefficient (Wildman–Crippen LogP) is 4.72. The second-order valence-electron chi connectivity index (χ2n) is 5.89. The van der Waals surface area contributed by atoms with Gasteiger partial charge in [-0.15, -0.1) is 0 Å². The fraction of sp³-hybridized carbons (Fsp3) is 0.190. The minimum atomic E-state index is 0.230. The van der Waals surface area contributed by atoms with E-state index in [1.165, 1.54) is 0 Å². The average molecular weight is 333 g/mol. The summed E-state index contributed by atoms with van der Waals surface area (Å²) in [4.78, 5) is 6.76. The van der Waals surface area contributed by atoms with Crippen LogP contribution in [-0.2, 0) is 0 Å². The minimum Gasteiger partial charge on any atom is -0.507 e. The highest BCUT2D eigenvalue weighted by Crippen LogP contribution is 2.30.